The Balaban J connectivity index is 2.17. The predicted octanol–water partition coefficient (Wildman–Crippen LogP) is 1.64. The first kappa shape index (κ1) is 12.0. The Bertz CT molecular complexity index is 422. The van der Waals surface area contributed by atoms with Crippen molar-refractivity contribution in [3.05, 3.63) is 30.1 Å². The average Bonchev–Trinajstić information content (AvgIpc) is 2.74. The second-order valence-corrected chi connectivity index (χ2v) is 4.59. The normalized spacial score (nSPS) is 23.7. The first-order valence-corrected chi connectivity index (χ1v) is 5.84. The van der Waals surface area contributed by atoms with Crippen molar-refractivity contribution in [2.24, 2.45) is 11.8 Å². The molecule has 1 aromatic rings. The number of hydrogen-bond acceptors (Lipinski definition) is 2. The summed E-state index contributed by atoms with van der Waals surface area (Å²) in [4.78, 5) is 13.6. The van der Waals surface area contributed by atoms with Gasteiger partial charge in [-0.25, -0.2) is 4.39 Å². The van der Waals surface area contributed by atoms with E-state index in [2.05, 4.69) is 5.32 Å². The number of rotatable bonds is 2. The lowest BCUT2D eigenvalue weighted by Gasteiger charge is -2.23. The van der Waals surface area contributed by atoms with E-state index in [9.17, 15) is 9.18 Å². The summed E-state index contributed by atoms with van der Waals surface area (Å²) in [6.45, 7) is 3.57. The number of carbonyl (C=O) groups excluding carboxylic acids is 1. The smallest absolute Gasteiger partial charge is 0.231 e. The minimum Gasteiger partial charge on any atom is -0.316 e. The molecule has 2 rings (SSSR count). The molecule has 17 heavy (non-hydrogen) atoms. The maximum Gasteiger partial charge on any atom is 0.231 e. The largest absolute Gasteiger partial charge is 0.316 e. The van der Waals surface area contributed by atoms with Gasteiger partial charge in [0.25, 0.3) is 0 Å². The van der Waals surface area contributed by atoms with Crippen molar-refractivity contribution in [1.82, 2.24) is 5.32 Å². The molecule has 0 spiro atoms. The van der Waals surface area contributed by atoms with Gasteiger partial charge in [0.05, 0.1) is 11.6 Å². The fourth-order valence-electron chi connectivity index (χ4n) is 2.23. The number of carbonyl (C=O) groups is 1. The monoisotopic (exact) mass is 236 g/mol. The zero-order valence-corrected chi connectivity index (χ0v) is 10.1. The van der Waals surface area contributed by atoms with Crippen molar-refractivity contribution in [3.8, 4) is 0 Å². The van der Waals surface area contributed by atoms with E-state index >= 15 is 0 Å². The Morgan fingerprint density at radius 3 is 2.71 bits per heavy atom. The van der Waals surface area contributed by atoms with E-state index in [4.69, 9.17) is 0 Å². The van der Waals surface area contributed by atoms with E-state index < -0.39 is 0 Å². The van der Waals surface area contributed by atoms with Gasteiger partial charge in [0.2, 0.25) is 5.91 Å². The van der Waals surface area contributed by atoms with Crippen molar-refractivity contribution < 1.29 is 9.18 Å². The maximum absolute atomic E-state index is 13.6. The molecule has 1 N–H and O–H groups in total. The highest BCUT2D eigenvalue weighted by Gasteiger charge is 2.32. The van der Waals surface area contributed by atoms with Crippen LogP contribution in [0.1, 0.15) is 6.92 Å². The quantitative estimate of drug-likeness (QED) is 0.846. The van der Waals surface area contributed by atoms with Crippen LogP contribution < -0.4 is 10.2 Å². The van der Waals surface area contributed by atoms with Crippen molar-refractivity contribution in [1.29, 1.82) is 0 Å². The lowest BCUT2D eigenvalue weighted by molar-refractivity contribution is -0.122. The van der Waals surface area contributed by atoms with Gasteiger partial charge in [-0.2, -0.15) is 0 Å². The van der Waals surface area contributed by atoms with Crippen LogP contribution in [0.5, 0.6) is 0 Å². The third-order valence-electron chi connectivity index (χ3n) is 3.38. The lowest BCUT2D eigenvalue weighted by Crippen LogP contribution is -2.36. The van der Waals surface area contributed by atoms with Crippen LogP contribution >= 0.6 is 0 Å². The predicted molar refractivity (Wildman–Crippen MR) is 65.3 cm³/mol. The zero-order chi connectivity index (χ0) is 12.4. The first-order valence-electron chi connectivity index (χ1n) is 5.84. The highest BCUT2D eigenvalue weighted by Crippen LogP contribution is 2.23. The van der Waals surface area contributed by atoms with E-state index in [-0.39, 0.29) is 17.6 Å². The van der Waals surface area contributed by atoms with E-state index in [1.807, 2.05) is 6.92 Å². The maximum atomic E-state index is 13.6. The van der Waals surface area contributed by atoms with Crippen LogP contribution in [0.3, 0.4) is 0 Å². The Kier molecular flexibility index (Phi) is 3.43. The first-order chi connectivity index (χ1) is 8.11. The fourth-order valence-corrected chi connectivity index (χ4v) is 2.23. The number of amides is 1. The molecule has 0 bridgehead atoms. The summed E-state index contributed by atoms with van der Waals surface area (Å²) in [5.74, 6) is -0.133. The molecular weight excluding hydrogens is 219 g/mol. The molecule has 1 fully saturated rings. The molecule has 92 valence electrons. The van der Waals surface area contributed by atoms with Crippen LogP contribution in [0.25, 0.3) is 0 Å². The van der Waals surface area contributed by atoms with Gasteiger partial charge in [-0.1, -0.05) is 19.1 Å². The van der Waals surface area contributed by atoms with Crippen LogP contribution in [-0.4, -0.2) is 26.0 Å². The zero-order valence-electron chi connectivity index (χ0n) is 10.1. The second kappa shape index (κ2) is 4.84. The topological polar surface area (TPSA) is 32.3 Å². The molecule has 1 heterocycles. The molecule has 4 heteroatoms. The van der Waals surface area contributed by atoms with Crippen LogP contribution in [0.4, 0.5) is 10.1 Å². The minimum absolute atomic E-state index is 0.0207. The fraction of sp³-hybridized carbons (Fsp3) is 0.462. The average molecular weight is 236 g/mol. The number of halogens is 1. The van der Waals surface area contributed by atoms with Crippen molar-refractivity contribution in [2.45, 2.75) is 6.92 Å². The molecule has 2 atom stereocenters. The molecule has 1 saturated heterocycles. The van der Waals surface area contributed by atoms with Gasteiger partial charge in [0.1, 0.15) is 5.82 Å². The van der Waals surface area contributed by atoms with Gasteiger partial charge in [-0.05, 0) is 24.6 Å². The van der Waals surface area contributed by atoms with E-state index in [1.165, 1.54) is 11.0 Å². The van der Waals surface area contributed by atoms with Gasteiger partial charge in [0, 0.05) is 13.6 Å². The van der Waals surface area contributed by atoms with Crippen molar-refractivity contribution >= 4 is 11.6 Å². The number of benzene rings is 1. The summed E-state index contributed by atoms with van der Waals surface area (Å²) in [6.07, 6.45) is 0. The SMILES string of the molecule is C[C@@H]1CNC[C@H]1C(=O)N(C)c1ccccc1F. The number of hydrogen-bond donors (Lipinski definition) is 1. The summed E-state index contributed by atoms with van der Waals surface area (Å²) in [5, 5.41) is 3.18. The van der Waals surface area contributed by atoms with E-state index in [0.29, 0.717) is 18.2 Å². The summed E-state index contributed by atoms with van der Waals surface area (Å²) in [5.41, 5.74) is 0.344. The van der Waals surface area contributed by atoms with E-state index in [1.54, 1.807) is 25.2 Å². The molecule has 0 aromatic heterocycles. The molecule has 0 unspecified atom stereocenters. The number of para-hydroxylation sites is 1. The minimum atomic E-state index is -0.359. The Labute approximate surface area is 101 Å². The molecule has 1 amide bonds. The Morgan fingerprint density at radius 1 is 1.41 bits per heavy atom. The summed E-state index contributed by atoms with van der Waals surface area (Å²) in [7, 11) is 1.63. The molecular formula is C13H17FN2O. The number of anilines is 1. The van der Waals surface area contributed by atoms with Crippen molar-refractivity contribution in [3.63, 3.8) is 0 Å². The van der Waals surface area contributed by atoms with Crippen LogP contribution in [0.2, 0.25) is 0 Å². The van der Waals surface area contributed by atoms with E-state index in [0.717, 1.165) is 6.54 Å². The lowest BCUT2D eigenvalue weighted by atomic mass is 9.96. The van der Waals surface area contributed by atoms with Crippen LogP contribution in [-0.2, 0) is 4.79 Å². The molecule has 1 aromatic carbocycles. The van der Waals surface area contributed by atoms with Gasteiger partial charge in [0.15, 0.2) is 0 Å². The highest BCUT2D eigenvalue weighted by atomic mass is 19.1. The number of nitrogens with one attached hydrogen (secondary N) is 1. The molecule has 3 nitrogen and oxygen atoms in total. The summed E-state index contributed by atoms with van der Waals surface area (Å²) >= 11 is 0. The second-order valence-electron chi connectivity index (χ2n) is 4.59. The highest BCUT2D eigenvalue weighted by molar-refractivity contribution is 5.95. The third-order valence-corrected chi connectivity index (χ3v) is 3.38. The van der Waals surface area contributed by atoms with Gasteiger partial charge < -0.3 is 10.2 Å². The molecule has 1 aliphatic heterocycles. The van der Waals surface area contributed by atoms with Gasteiger partial charge >= 0.3 is 0 Å². The molecule has 0 radical (unpaired) electrons. The third kappa shape index (κ3) is 2.31. The summed E-state index contributed by atoms with van der Waals surface area (Å²) in [6, 6.07) is 6.35. The molecule has 0 aliphatic carbocycles. The van der Waals surface area contributed by atoms with Crippen molar-refractivity contribution in [2.75, 3.05) is 25.0 Å². The van der Waals surface area contributed by atoms with Crippen LogP contribution in [0.15, 0.2) is 24.3 Å². The van der Waals surface area contributed by atoms with Crippen LogP contribution in [0, 0.1) is 17.7 Å². The Hall–Kier alpha value is -1.42. The Morgan fingerprint density at radius 2 is 2.12 bits per heavy atom. The molecule has 0 saturated carbocycles. The standard InChI is InChI=1S/C13H17FN2O/c1-9-7-15-8-10(9)13(17)16(2)12-6-4-3-5-11(12)14/h3-6,9-10,15H,7-8H2,1-2H3/t9-,10-/m1/s1. The number of nitrogens with zero attached hydrogens (tertiary/aromatic N) is 1. The summed E-state index contributed by atoms with van der Waals surface area (Å²) < 4.78 is 13.6. The van der Waals surface area contributed by atoms with Gasteiger partial charge in [-0.3, -0.25) is 4.79 Å². The van der Waals surface area contributed by atoms with Gasteiger partial charge in [-0.15, -0.1) is 0 Å². The molecule has 1 aliphatic rings.